The molecule has 10 nitrogen and oxygen atoms in total. The van der Waals surface area contributed by atoms with Gasteiger partial charge in [-0.05, 0) is 73.5 Å². The van der Waals surface area contributed by atoms with E-state index in [9.17, 15) is 9.90 Å². The van der Waals surface area contributed by atoms with Crippen LogP contribution in [0.15, 0.2) is 55.1 Å². The molecule has 2 saturated heterocycles. The average Bonchev–Trinajstić information content (AvgIpc) is 3.50. The van der Waals surface area contributed by atoms with Crippen LogP contribution in [0.2, 0.25) is 30.7 Å². The van der Waals surface area contributed by atoms with Crippen molar-refractivity contribution in [3.63, 3.8) is 0 Å². The van der Waals surface area contributed by atoms with E-state index in [4.69, 9.17) is 26.1 Å². The predicted molar refractivity (Wildman–Crippen MR) is 174 cm³/mol. The lowest BCUT2D eigenvalue weighted by atomic mass is 9.85. The van der Waals surface area contributed by atoms with Gasteiger partial charge in [-0.25, -0.2) is 14.8 Å². The molecule has 12 heteroatoms. The minimum Gasteiger partial charge on any atom is -0.486 e. The highest BCUT2D eigenvalue weighted by molar-refractivity contribution is 6.76. The first-order chi connectivity index (χ1) is 21.2. The third-order valence-electron chi connectivity index (χ3n) is 8.60. The van der Waals surface area contributed by atoms with Gasteiger partial charge in [-0.15, -0.1) is 0 Å². The van der Waals surface area contributed by atoms with Crippen molar-refractivity contribution in [1.82, 2.24) is 24.4 Å². The molecule has 0 aliphatic carbocycles. The van der Waals surface area contributed by atoms with Crippen molar-refractivity contribution in [1.29, 1.82) is 0 Å². The van der Waals surface area contributed by atoms with Crippen LogP contribution < -0.4 is 10.1 Å². The lowest BCUT2D eigenvalue weighted by Gasteiger charge is -2.37. The van der Waals surface area contributed by atoms with E-state index in [2.05, 4.69) is 45.7 Å². The Hall–Kier alpha value is -3.67. The van der Waals surface area contributed by atoms with Crippen molar-refractivity contribution in [2.24, 2.45) is 0 Å². The fraction of sp³-hybridized carbons (Fsp3) is 0.438. The number of pyridine rings is 1. The van der Waals surface area contributed by atoms with E-state index in [1.165, 1.54) is 0 Å². The Labute approximate surface area is 263 Å². The molecule has 0 saturated carbocycles. The largest absolute Gasteiger partial charge is 0.486 e. The van der Waals surface area contributed by atoms with Crippen LogP contribution in [0.1, 0.15) is 42.9 Å². The summed E-state index contributed by atoms with van der Waals surface area (Å²) in [5.74, 6) is 1.43. The van der Waals surface area contributed by atoms with Gasteiger partial charge in [-0.2, -0.15) is 0 Å². The van der Waals surface area contributed by atoms with E-state index in [1.54, 1.807) is 17.4 Å². The smallest absolute Gasteiger partial charge is 0.407 e. The normalized spacial score (nSPS) is 19.8. The summed E-state index contributed by atoms with van der Waals surface area (Å²) in [5.41, 5.74) is 3.50. The fourth-order valence-corrected chi connectivity index (χ4v) is 7.40. The van der Waals surface area contributed by atoms with Crippen LogP contribution in [0.5, 0.6) is 5.75 Å². The molecule has 5 heterocycles. The lowest BCUT2D eigenvalue weighted by molar-refractivity contribution is 0.0892. The maximum absolute atomic E-state index is 12.0. The first kappa shape index (κ1) is 30.4. The second kappa shape index (κ2) is 12.7. The van der Waals surface area contributed by atoms with Gasteiger partial charge in [-0.1, -0.05) is 37.3 Å². The minimum atomic E-state index is -1.22. The molecule has 2 N–H and O–H groups in total. The van der Waals surface area contributed by atoms with E-state index in [0.717, 1.165) is 59.7 Å². The van der Waals surface area contributed by atoms with Gasteiger partial charge in [0.2, 0.25) is 0 Å². The van der Waals surface area contributed by atoms with Crippen molar-refractivity contribution >= 4 is 48.3 Å². The van der Waals surface area contributed by atoms with Crippen molar-refractivity contribution in [3.05, 3.63) is 71.4 Å². The van der Waals surface area contributed by atoms with Crippen LogP contribution in [0.25, 0.3) is 11.0 Å². The van der Waals surface area contributed by atoms with E-state index < -0.39 is 14.2 Å². The third kappa shape index (κ3) is 6.69. The summed E-state index contributed by atoms with van der Waals surface area (Å²) in [4.78, 5) is 27.3. The second-order valence-electron chi connectivity index (χ2n) is 12.9. The Morgan fingerprint density at radius 3 is 2.59 bits per heavy atom. The van der Waals surface area contributed by atoms with Gasteiger partial charge in [0.05, 0.1) is 16.1 Å². The van der Waals surface area contributed by atoms with Gasteiger partial charge < -0.3 is 29.4 Å². The summed E-state index contributed by atoms with van der Waals surface area (Å²) in [7, 11) is -1.22. The van der Waals surface area contributed by atoms with Crippen LogP contribution >= 0.6 is 11.6 Å². The summed E-state index contributed by atoms with van der Waals surface area (Å²) >= 11 is 6.63. The molecule has 232 valence electrons. The van der Waals surface area contributed by atoms with Gasteiger partial charge in [0.1, 0.15) is 36.9 Å². The quantitative estimate of drug-likeness (QED) is 0.129. The van der Waals surface area contributed by atoms with Crippen LogP contribution in [-0.2, 0) is 18.1 Å². The van der Waals surface area contributed by atoms with Gasteiger partial charge >= 0.3 is 6.09 Å². The Bertz CT molecular complexity index is 1610. The van der Waals surface area contributed by atoms with Crippen molar-refractivity contribution in [2.45, 2.75) is 82.7 Å². The van der Waals surface area contributed by atoms with Gasteiger partial charge in [0, 0.05) is 44.8 Å². The number of rotatable bonds is 11. The maximum atomic E-state index is 12.0. The van der Waals surface area contributed by atoms with E-state index in [1.807, 2.05) is 36.4 Å². The zero-order chi connectivity index (χ0) is 30.8. The molecule has 3 aromatic heterocycles. The zero-order valence-corrected chi connectivity index (χ0v) is 27.1. The Morgan fingerprint density at radius 1 is 1.11 bits per heavy atom. The number of amides is 1. The number of halogens is 1. The number of hydrogen-bond acceptors (Lipinski definition) is 7. The SMILES string of the molecule is C[Si](C)(C)CCOCn1cc([C@H]2C[C@H]3CC[C@@H](C2)N3C(=O)O)c2c(Nc3ccc(OCc4ccccn4)c(Cl)c3)ncnc21. The molecule has 2 aliphatic rings. The number of carbonyl (C=O) groups is 1. The molecule has 3 atom stereocenters. The van der Waals surface area contributed by atoms with Crippen molar-refractivity contribution in [2.75, 3.05) is 11.9 Å². The molecule has 1 aromatic carbocycles. The Balaban J connectivity index is 1.28. The summed E-state index contributed by atoms with van der Waals surface area (Å²) < 4.78 is 14.1. The molecule has 4 aromatic rings. The maximum Gasteiger partial charge on any atom is 0.407 e. The number of anilines is 2. The number of benzene rings is 1. The number of aromatic nitrogens is 4. The summed E-state index contributed by atoms with van der Waals surface area (Å²) in [6.45, 7) is 8.44. The molecule has 0 unspecified atom stereocenters. The van der Waals surface area contributed by atoms with Crippen molar-refractivity contribution in [3.8, 4) is 5.75 Å². The van der Waals surface area contributed by atoms with Crippen LogP contribution in [-0.4, -0.2) is 62.4 Å². The van der Waals surface area contributed by atoms with Crippen LogP contribution in [0, 0.1) is 0 Å². The monoisotopic (exact) mass is 634 g/mol. The molecular formula is C32H39ClN6O4Si. The van der Waals surface area contributed by atoms with Gasteiger partial charge in [-0.3, -0.25) is 4.98 Å². The highest BCUT2D eigenvalue weighted by Crippen LogP contribution is 2.46. The molecular weight excluding hydrogens is 596 g/mol. The van der Waals surface area contributed by atoms with E-state index in [-0.39, 0.29) is 18.0 Å². The molecule has 0 spiro atoms. The highest BCUT2D eigenvalue weighted by Gasteiger charge is 2.44. The first-order valence-electron chi connectivity index (χ1n) is 15.2. The third-order valence-corrected chi connectivity index (χ3v) is 10.6. The fourth-order valence-electron chi connectivity index (χ4n) is 6.41. The lowest BCUT2D eigenvalue weighted by Crippen LogP contribution is -2.45. The number of nitrogens with zero attached hydrogens (tertiary/aromatic N) is 5. The molecule has 2 aliphatic heterocycles. The molecule has 2 fully saturated rings. The molecule has 2 bridgehead atoms. The average molecular weight is 635 g/mol. The Morgan fingerprint density at radius 2 is 1.91 bits per heavy atom. The first-order valence-corrected chi connectivity index (χ1v) is 19.3. The van der Waals surface area contributed by atoms with Crippen LogP contribution in [0.4, 0.5) is 16.3 Å². The number of hydrogen-bond donors (Lipinski definition) is 2. The Kier molecular flexibility index (Phi) is 8.79. The zero-order valence-electron chi connectivity index (χ0n) is 25.4. The van der Waals surface area contributed by atoms with E-state index in [0.29, 0.717) is 36.5 Å². The standard InChI is InChI=1S/C32H39ClN6O4Si/c1-44(2,3)13-12-42-20-38-17-26(21-14-24-8-9-25(15-21)39(24)32(40)41)29-30(35-19-36-31(29)38)37-22-7-10-28(27(33)16-22)43-18-23-6-4-5-11-34-23/h4-7,10-11,16-17,19,21,24-25H,8-9,12-15,18,20H2,1-3H3,(H,40,41)(H,35,36,37)/t21-,24+,25-. The number of carboxylic acid groups (broad SMARTS) is 1. The van der Waals surface area contributed by atoms with E-state index >= 15 is 0 Å². The van der Waals surface area contributed by atoms with Gasteiger partial charge in [0.25, 0.3) is 0 Å². The summed E-state index contributed by atoms with van der Waals surface area (Å²) in [6, 6.07) is 12.4. The number of piperidine rings is 1. The van der Waals surface area contributed by atoms with Crippen LogP contribution in [0.3, 0.4) is 0 Å². The summed E-state index contributed by atoms with van der Waals surface area (Å²) in [6.07, 6.45) is 7.99. The number of fused-ring (bicyclic) bond motifs is 3. The topological polar surface area (TPSA) is 115 Å². The molecule has 6 rings (SSSR count). The second-order valence-corrected chi connectivity index (χ2v) is 19.0. The molecule has 1 amide bonds. The molecule has 0 radical (unpaired) electrons. The predicted octanol–water partition coefficient (Wildman–Crippen LogP) is 7.50. The minimum absolute atomic E-state index is 0.0288. The van der Waals surface area contributed by atoms with Crippen molar-refractivity contribution < 1.29 is 19.4 Å². The highest BCUT2D eigenvalue weighted by atomic mass is 35.5. The summed E-state index contributed by atoms with van der Waals surface area (Å²) in [5, 5.41) is 14.7. The number of nitrogens with one attached hydrogen (secondary N) is 1. The number of ether oxygens (including phenoxy) is 2. The van der Waals surface area contributed by atoms with Gasteiger partial charge in [0.15, 0.2) is 0 Å². The molecule has 44 heavy (non-hydrogen) atoms.